The summed E-state index contributed by atoms with van der Waals surface area (Å²) in [6.45, 7) is 2.29. The number of ether oxygens (including phenoxy) is 1. The molecule has 28 heavy (non-hydrogen) atoms. The largest absolute Gasteiger partial charge is 0.455 e. The third kappa shape index (κ3) is 5.92. The molecule has 3 rings (SSSR count). The molecular weight excluding hydrogens is 344 g/mol. The van der Waals surface area contributed by atoms with Gasteiger partial charge in [0.1, 0.15) is 11.5 Å². The molecule has 1 fully saturated rings. The first kappa shape index (κ1) is 20.6. The lowest BCUT2D eigenvalue weighted by Gasteiger charge is -2.29. The fraction of sp³-hybridized carbons (Fsp3) is 0.520. The lowest BCUT2D eigenvalue weighted by Crippen LogP contribution is -2.13. The van der Waals surface area contributed by atoms with E-state index in [1.165, 1.54) is 69.8 Å². The van der Waals surface area contributed by atoms with E-state index in [1.54, 1.807) is 6.07 Å². The summed E-state index contributed by atoms with van der Waals surface area (Å²) < 4.78 is 5.92. The van der Waals surface area contributed by atoms with E-state index in [0.717, 1.165) is 11.7 Å². The van der Waals surface area contributed by atoms with E-state index >= 15 is 0 Å². The first-order valence-electron chi connectivity index (χ1n) is 11.1. The van der Waals surface area contributed by atoms with E-state index in [2.05, 4.69) is 31.2 Å². The third-order valence-corrected chi connectivity index (χ3v) is 6.18. The first-order valence-corrected chi connectivity index (χ1v) is 11.1. The standard InChI is InChI=1S/C25H36N2O/c1-2-3-4-5-6-7-19-8-10-20(11-9-19)21-12-15-23(16-13-21)28-25-17-14-22(26)18-24(25)27/h12-20H,2-11,26-27H2,1H3. The highest BCUT2D eigenvalue weighted by Gasteiger charge is 2.22. The minimum absolute atomic E-state index is 0.567. The molecule has 0 aliphatic heterocycles. The summed E-state index contributed by atoms with van der Waals surface area (Å²) in [4.78, 5) is 0. The average Bonchev–Trinajstić information content (AvgIpc) is 2.71. The fourth-order valence-corrected chi connectivity index (χ4v) is 4.42. The lowest BCUT2D eigenvalue weighted by molar-refractivity contribution is 0.302. The molecule has 0 unspecified atom stereocenters. The van der Waals surface area contributed by atoms with Gasteiger partial charge in [-0.3, -0.25) is 0 Å². The highest BCUT2D eigenvalue weighted by molar-refractivity contribution is 5.61. The molecule has 0 amide bonds. The molecule has 2 aromatic rings. The smallest absolute Gasteiger partial charge is 0.150 e. The van der Waals surface area contributed by atoms with Gasteiger partial charge >= 0.3 is 0 Å². The summed E-state index contributed by atoms with van der Waals surface area (Å²) in [7, 11) is 0. The molecular formula is C25H36N2O. The second-order valence-corrected chi connectivity index (χ2v) is 8.39. The van der Waals surface area contributed by atoms with Crippen LogP contribution in [0.4, 0.5) is 11.4 Å². The fourth-order valence-electron chi connectivity index (χ4n) is 4.42. The van der Waals surface area contributed by atoms with E-state index in [0.29, 0.717) is 23.0 Å². The molecule has 0 spiro atoms. The summed E-state index contributed by atoms with van der Waals surface area (Å²) in [6.07, 6.45) is 13.9. The number of benzene rings is 2. The summed E-state index contributed by atoms with van der Waals surface area (Å²) in [6, 6.07) is 13.9. The zero-order valence-electron chi connectivity index (χ0n) is 17.3. The molecule has 0 atom stereocenters. The Morgan fingerprint density at radius 2 is 1.57 bits per heavy atom. The van der Waals surface area contributed by atoms with Crippen LogP contribution in [0.5, 0.6) is 11.5 Å². The zero-order chi connectivity index (χ0) is 19.8. The molecule has 0 aromatic heterocycles. The van der Waals surface area contributed by atoms with Crippen LogP contribution in [-0.4, -0.2) is 0 Å². The molecule has 1 aliphatic carbocycles. The number of rotatable bonds is 9. The number of anilines is 2. The molecule has 1 aliphatic rings. The van der Waals surface area contributed by atoms with Gasteiger partial charge in [-0.2, -0.15) is 0 Å². The van der Waals surface area contributed by atoms with Crippen molar-refractivity contribution in [3.63, 3.8) is 0 Å². The van der Waals surface area contributed by atoms with Crippen LogP contribution in [0.2, 0.25) is 0 Å². The second-order valence-electron chi connectivity index (χ2n) is 8.39. The van der Waals surface area contributed by atoms with Gasteiger partial charge in [0.05, 0.1) is 5.69 Å². The summed E-state index contributed by atoms with van der Waals surface area (Å²) in [5.41, 5.74) is 14.4. The van der Waals surface area contributed by atoms with Gasteiger partial charge in [0.2, 0.25) is 0 Å². The van der Waals surface area contributed by atoms with E-state index < -0.39 is 0 Å². The number of nitrogens with two attached hydrogens (primary N) is 2. The number of nitrogen functional groups attached to an aromatic ring is 2. The maximum absolute atomic E-state index is 5.98. The summed E-state index contributed by atoms with van der Waals surface area (Å²) >= 11 is 0. The van der Waals surface area contributed by atoms with Crippen LogP contribution >= 0.6 is 0 Å². The molecule has 1 saturated carbocycles. The summed E-state index contributed by atoms with van der Waals surface area (Å²) in [5, 5.41) is 0. The van der Waals surface area contributed by atoms with Crippen LogP contribution in [-0.2, 0) is 0 Å². The van der Waals surface area contributed by atoms with E-state index in [-0.39, 0.29) is 0 Å². The average molecular weight is 381 g/mol. The Hall–Kier alpha value is -2.16. The topological polar surface area (TPSA) is 61.3 Å². The van der Waals surface area contributed by atoms with Crippen LogP contribution in [0.3, 0.4) is 0 Å². The van der Waals surface area contributed by atoms with Gasteiger partial charge in [0.25, 0.3) is 0 Å². The molecule has 4 N–H and O–H groups in total. The van der Waals surface area contributed by atoms with E-state index in [1.807, 2.05) is 12.1 Å². The van der Waals surface area contributed by atoms with Crippen LogP contribution in [0, 0.1) is 5.92 Å². The van der Waals surface area contributed by atoms with Crippen molar-refractivity contribution >= 4 is 11.4 Å². The maximum Gasteiger partial charge on any atom is 0.150 e. The number of hydrogen-bond donors (Lipinski definition) is 2. The van der Waals surface area contributed by atoms with E-state index in [9.17, 15) is 0 Å². The number of hydrogen-bond acceptors (Lipinski definition) is 3. The minimum atomic E-state index is 0.567. The Morgan fingerprint density at radius 1 is 0.857 bits per heavy atom. The maximum atomic E-state index is 5.98. The Morgan fingerprint density at radius 3 is 2.25 bits per heavy atom. The molecule has 0 heterocycles. The van der Waals surface area contributed by atoms with Gasteiger partial charge in [-0.15, -0.1) is 0 Å². The zero-order valence-corrected chi connectivity index (χ0v) is 17.3. The van der Waals surface area contributed by atoms with Gasteiger partial charge in [-0.25, -0.2) is 0 Å². The Kier molecular flexibility index (Phi) is 7.64. The van der Waals surface area contributed by atoms with Gasteiger partial charge < -0.3 is 16.2 Å². The summed E-state index contributed by atoms with van der Waals surface area (Å²) in [5.74, 6) is 3.13. The number of unbranched alkanes of at least 4 members (excludes halogenated alkanes) is 4. The Labute approximate surface area is 170 Å². The minimum Gasteiger partial charge on any atom is -0.455 e. The first-order chi connectivity index (χ1) is 13.7. The lowest BCUT2D eigenvalue weighted by atomic mass is 9.77. The second kappa shape index (κ2) is 10.4. The third-order valence-electron chi connectivity index (χ3n) is 6.18. The predicted octanol–water partition coefficient (Wildman–Crippen LogP) is 7.28. The van der Waals surface area contributed by atoms with Gasteiger partial charge in [-0.1, -0.05) is 57.6 Å². The van der Waals surface area contributed by atoms with Crippen LogP contribution < -0.4 is 16.2 Å². The van der Waals surface area contributed by atoms with Gasteiger partial charge in [-0.05, 0) is 73.4 Å². The molecule has 3 nitrogen and oxygen atoms in total. The van der Waals surface area contributed by atoms with Crippen molar-refractivity contribution in [2.24, 2.45) is 5.92 Å². The van der Waals surface area contributed by atoms with Crippen molar-refractivity contribution in [1.29, 1.82) is 0 Å². The van der Waals surface area contributed by atoms with Gasteiger partial charge in [0.15, 0.2) is 0 Å². The van der Waals surface area contributed by atoms with Crippen LogP contribution in [0.15, 0.2) is 42.5 Å². The van der Waals surface area contributed by atoms with Crippen molar-refractivity contribution in [1.82, 2.24) is 0 Å². The van der Waals surface area contributed by atoms with E-state index in [4.69, 9.17) is 16.2 Å². The molecule has 0 bridgehead atoms. The van der Waals surface area contributed by atoms with Gasteiger partial charge in [0, 0.05) is 5.69 Å². The SMILES string of the molecule is CCCCCCCC1CCC(c2ccc(Oc3ccc(N)cc3N)cc2)CC1. The highest BCUT2D eigenvalue weighted by Crippen LogP contribution is 2.38. The predicted molar refractivity (Wildman–Crippen MR) is 120 cm³/mol. The van der Waals surface area contributed by atoms with Crippen molar-refractivity contribution in [2.45, 2.75) is 77.0 Å². The quantitative estimate of drug-likeness (QED) is 0.355. The van der Waals surface area contributed by atoms with Crippen molar-refractivity contribution in [3.8, 4) is 11.5 Å². The van der Waals surface area contributed by atoms with Crippen molar-refractivity contribution in [3.05, 3.63) is 48.0 Å². The monoisotopic (exact) mass is 380 g/mol. The Bertz CT molecular complexity index is 718. The molecule has 3 heteroatoms. The highest BCUT2D eigenvalue weighted by atomic mass is 16.5. The molecule has 0 saturated heterocycles. The Balaban J connectivity index is 1.45. The molecule has 152 valence electrons. The normalized spacial score (nSPS) is 19.5. The molecule has 2 aromatic carbocycles. The molecule has 0 radical (unpaired) electrons. The van der Waals surface area contributed by atoms with Crippen LogP contribution in [0.1, 0.15) is 82.6 Å². The van der Waals surface area contributed by atoms with Crippen LogP contribution in [0.25, 0.3) is 0 Å². The van der Waals surface area contributed by atoms with Crippen molar-refractivity contribution < 1.29 is 4.74 Å². The van der Waals surface area contributed by atoms with Crippen molar-refractivity contribution in [2.75, 3.05) is 11.5 Å².